The zero-order chi connectivity index (χ0) is 19.9. The first-order valence-corrected chi connectivity index (χ1v) is 10.3. The van der Waals surface area contributed by atoms with Crippen LogP contribution in [0.15, 0.2) is 18.3 Å². The van der Waals surface area contributed by atoms with E-state index in [0.29, 0.717) is 12.0 Å². The fourth-order valence-electron chi connectivity index (χ4n) is 3.72. The molecule has 2 fully saturated rings. The molecule has 0 bridgehead atoms. The topological polar surface area (TPSA) is 65.5 Å². The van der Waals surface area contributed by atoms with E-state index in [-0.39, 0.29) is 18.3 Å². The van der Waals surface area contributed by atoms with E-state index in [1.54, 1.807) is 0 Å². The van der Waals surface area contributed by atoms with Crippen molar-refractivity contribution in [1.29, 1.82) is 0 Å². The van der Waals surface area contributed by atoms with Gasteiger partial charge in [-0.1, -0.05) is 19.1 Å². The van der Waals surface area contributed by atoms with Gasteiger partial charge in [0.15, 0.2) is 0 Å². The summed E-state index contributed by atoms with van der Waals surface area (Å²) in [6.45, 7) is 12.0. The summed E-state index contributed by atoms with van der Waals surface area (Å²) in [6, 6.07) is 4.63. The van der Waals surface area contributed by atoms with Crippen LogP contribution in [0.2, 0.25) is 0 Å². The van der Waals surface area contributed by atoms with Crippen LogP contribution in [0, 0.1) is 0 Å². The van der Waals surface area contributed by atoms with Gasteiger partial charge in [-0.25, -0.2) is 9.97 Å². The van der Waals surface area contributed by atoms with Crippen molar-refractivity contribution < 1.29 is 14.0 Å². The standard InChI is InChI=1S/C21H30BN3O3/c1-6-14-11-16(22-27-20(2,3)21(4,5)28-22)12-15-13-23-19(25-18(14)15)24-17-7-9-26-10-8-17/h11-13,17H,6-10H2,1-5H3,(H,23,24,25). The van der Waals surface area contributed by atoms with Crippen molar-refractivity contribution >= 4 is 29.4 Å². The minimum Gasteiger partial charge on any atom is -0.399 e. The lowest BCUT2D eigenvalue weighted by molar-refractivity contribution is 0.00578. The Balaban J connectivity index is 1.64. The van der Waals surface area contributed by atoms with Crippen LogP contribution >= 0.6 is 0 Å². The van der Waals surface area contributed by atoms with Gasteiger partial charge >= 0.3 is 7.12 Å². The van der Waals surface area contributed by atoms with E-state index in [9.17, 15) is 0 Å². The molecule has 4 rings (SSSR count). The van der Waals surface area contributed by atoms with E-state index in [2.05, 4.69) is 57.1 Å². The fourth-order valence-corrected chi connectivity index (χ4v) is 3.72. The number of hydrogen-bond acceptors (Lipinski definition) is 6. The molecule has 28 heavy (non-hydrogen) atoms. The van der Waals surface area contributed by atoms with E-state index in [1.807, 2.05) is 6.20 Å². The molecule has 1 aromatic carbocycles. The highest BCUT2D eigenvalue weighted by molar-refractivity contribution is 6.62. The molecule has 1 N–H and O–H groups in total. The average Bonchev–Trinajstić information content (AvgIpc) is 2.89. The Morgan fingerprint density at radius 1 is 1.11 bits per heavy atom. The van der Waals surface area contributed by atoms with Crippen molar-refractivity contribution in [1.82, 2.24) is 9.97 Å². The van der Waals surface area contributed by atoms with Gasteiger partial charge in [0, 0.05) is 30.8 Å². The number of rotatable bonds is 4. The summed E-state index contributed by atoms with van der Waals surface area (Å²) in [6.07, 6.45) is 4.77. The Kier molecular flexibility index (Phi) is 5.10. The van der Waals surface area contributed by atoms with Gasteiger partial charge in [-0.05, 0) is 58.0 Å². The van der Waals surface area contributed by atoms with E-state index >= 15 is 0 Å². The zero-order valence-electron chi connectivity index (χ0n) is 17.5. The first-order chi connectivity index (χ1) is 13.3. The van der Waals surface area contributed by atoms with E-state index < -0.39 is 0 Å². The Morgan fingerprint density at radius 3 is 2.43 bits per heavy atom. The van der Waals surface area contributed by atoms with Gasteiger partial charge < -0.3 is 19.4 Å². The Bertz CT molecular complexity index is 849. The molecule has 2 aromatic rings. The van der Waals surface area contributed by atoms with Gasteiger partial charge in [0.25, 0.3) is 0 Å². The molecule has 0 saturated carbocycles. The van der Waals surface area contributed by atoms with Crippen molar-refractivity contribution in [3.63, 3.8) is 0 Å². The van der Waals surface area contributed by atoms with Crippen LogP contribution < -0.4 is 10.8 Å². The predicted octanol–water partition coefficient (Wildman–Crippen LogP) is 3.08. The molecular weight excluding hydrogens is 353 g/mol. The summed E-state index contributed by atoms with van der Waals surface area (Å²) in [7, 11) is -0.375. The van der Waals surface area contributed by atoms with Crippen LogP contribution in [-0.4, -0.2) is 47.5 Å². The molecule has 6 nitrogen and oxygen atoms in total. The number of nitrogens with one attached hydrogen (secondary N) is 1. The lowest BCUT2D eigenvalue weighted by Gasteiger charge is -2.32. The Hall–Kier alpha value is -1.70. The van der Waals surface area contributed by atoms with Gasteiger partial charge in [0.2, 0.25) is 5.95 Å². The average molecular weight is 383 g/mol. The summed E-state index contributed by atoms with van der Waals surface area (Å²) >= 11 is 0. The lowest BCUT2D eigenvalue weighted by Crippen LogP contribution is -2.41. The molecule has 0 amide bonds. The number of aromatic nitrogens is 2. The summed E-state index contributed by atoms with van der Waals surface area (Å²) in [5, 5.41) is 4.48. The number of aryl methyl sites for hydroxylation is 1. The monoisotopic (exact) mass is 383 g/mol. The summed E-state index contributed by atoms with van der Waals surface area (Å²) < 4.78 is 17.9. The second-order valence-corrected chi connectivity index (χ2v) is 8.78. The molecule has 0 unspecified atom stereocenters. The number of nitrogens with zero attached hydrogens (tertiary/aromatic N) is 2. The van der Waals surface area contributed by atoms with Crippen LogP contribution in [0.3, 0.4) is 0 Å². The highest BCUT2D eigenvalue weighted by atomic mass is 16.7. The third-order valence-electron chi connectivity index (χ3n) is 6.25. The predicted molar refractivity (Wildman–Crippen MR) is 112 cm³/mol. The van der Waals surface area contributed by atoms with Crippen LogP contribution in [0.1, 0.15) is 53.0 Å². The molecule has 7 heteroatoms. The molecule has 150 valence electrons. The number of benzene rings is 1. The van der Waals surface area contributed by atoms with Crippen molar-refractivity contribution in [2.75, 3.05) is 18.5 Å². The first-order valence-electron chi connectivity index (χ1n) is 10.3. The molecule has 2 aliphatic heterocycles. The van der Waals surface area contributed by atoms with E-state index in [4.69, 9.17) is 19.0 Å². The maximum Gasteiger partial charge on any atom is 0.494 e. The minimum atomic E-state index is -0.375. The van der Waals surface area contributed by atoms with Gasteiger partial charge in [-0.2, -0.15) is 0 Å². The third-order valence-corrected chi connectivity index (χ3v) is 6.25. The van der Waals surface area contributed by atoms with Crippen LogP contribution in [0.4, 0.5) is 5.95 Å². The van der Waals surface area contributed by atoms with Gasteiger partial charge in [-0.3, -0.25) is 0 Å². The zero-order valence-corrected chi connectivity index (χ0v) is 17.5. The van der Waals surface area contributed by atoms with Crippen LogP contribution in [0.25, 0.3) is 10.9 Å². The minimum absolute atomic E-state index is 0.354. The van der Waals surface area contributed by atoms with Gasteiger partial charge in [0.05, 0.1) is 16.7 Å². The molecule has 2 aliphatic rings. The van der Waals surface area contributed by atoms with Crippen LogP contribution in [0.5, 0.6) is 0 Å². The number of anilines is 1. The maximum absolute atomic E-state index is 6.24. The first kappa shape index (κ1) is 19.6. The second kappa shape index (κ2) is 7.28. The maximum atomic E-state index is 6.24. The van der Waals surface area contributed by atoms with Crippen molar-refractivity contribution in [2.45, 2.75) is 71.1 Å². The molecule has 2 saturated heterocycles. The lowest BCUT2D eigenvalue weighted by atomic mass is 9.77. The largest absolute Gasteiger partial charge is 0.494 e. The number of ether oxygens (including phenoxy) is 1. The quantitative estimate of drug-likeness (QED) is 0.819. The van der Waals surface area contributed by atoms with Gasteiger partial charge in [-0.15, -0.1) is 0 Å². The number of hydrogen-bond donors (Lipinski definition) is 1. The second-order valence-electron chi connectivity index (χ2n) is 8.78. The van der Waals surface area contributed by atoms with E-state index in [0.717, 1.165) is 48.8 Å². The Labute approximate surface area is 167 Å². The highest BCUT2D eigenvalue weighted by Gasteiger charge is 2.51. The van der Waals surface area contributed by atoms with Crippen LogP contribution in [-0.2, 0) is 20.5 Å². The van der Waals surface area contributed by atoms with Crippen molar-refractivity contribution in [3.8, 4) is 0 Å². The van der Waals surface area contributed by atoms with Crippen molar-refractivity contribution in [2.24, 2.45) is 0 Å². The summed E-state index contributed by atoms with van der Waals surface area (Å²) in [5.41, 5.74) is 2.49. The third kappa shape index (κ3) is 3.63. The molecule has 0 radical (unpaired) electrons. The molecule has 1 aromatic heterocycles. The smallest absolute Gasteiger partial charge is 0.399 e. The van der Waals surface area contributed by atoms with Gasteiger partial charge in [0.1, 0.15) is 0 Å². The summed E-state index contributed by atoms with van der Waals surface area (Å²) in [4.78, 5) is 9.38. The van der Waals surface area contributed by atoms with E-state index in [1.165, 1.54) is 5.56 Å². The summed E-state index contributed by atoms with van der Waals surface area (Å²) in [5.74, 6) is 0.692. The highest BCUT2D eigenvalue weighted by Crippen LogP contribution is 2.36. The fraction of sp³-hybridized carbons (Fsp3) is 0.619. The Morgan fingerprint density at radius 2 is 1.79 bits per heavy atom. The molecule has 0 atom stereocenters. The SMILES string of the molecule is CCc1cc(B2OC(C)(C)C(C)(C)O2)cc2cnc(NC3CCOCC3)nc12. The number of fused-ring (bicyclic) bond motifs is 1. The van der Waals surface area contributed by atoms with Crippen molar-refractivity contribution in [3.05, 3.63) is 23.9 Å². The molecular formula is C21H30BN3O3. The molecule has 3 heterocycles. The normalized spacial score (nSPS) is 22.0. The molecule has 0 aliphatic carbocycles. The molecule has 0 spiro atoms.